The third-order valence-corrected chi connectivity index (χ3v) is 1.52. The monoisotopic (exact) mass is 146 g/mol. The highest BCUT2D eigenvalue weighted by Gasteiger charge is 2.11. The highest BCUT2D eigenvalue weighted by atomic mass is 16.6. The first-order valence-corrected chi connectivity index (χ1v) is 3.91. The average molecular weight is 146 g/mol. The van der Waals surface area contributed by atoms with Gasteiger partial charge in [0.05, 0.1) is 6.10 Å². The van der Waals surface area contributed by atoms with Gasteiger partial charge in [-0.25, -0.2) is 0 Å². The van der Waals surface area contributed by atoms with E-state index in [1.54, 1.807) is 0 Å². The van der Waals surface area contributed by atoms with Crippen LogP contribution in [0.1, 0.15) is 34.1 Å². The van der Waals surface area contributed by atoms with E-state index in [-0.39, 0.29) is 12.0 Å². The van der Waals surface area contributed by atoms with Crippen LogP contribution >= 0.6 is 0 Å². The van der Waals surface area contributed by atoms with Crippen LogP contribution in [-0.4, -0.2) is 17.5 Å². The van der Waals surface area contributed by atoms with Gasteiger partial charge in [-0.05, 0) is 13.3 Å². The van der Waals surface area contributed by atoms with E-state index in [0.717, 1.165) is 6.42 Å². The van der Waals surface area contributed by atoms with Crippen molar-refractivity contribution in [3.05, 3.63) is 0 Å². The molecule has 0 saturated heterocycles. The quantitative estimate of drug-likeness (QED) is 0.612. The van der Waals surface area contributed by atoms with Crippen molar-refractivity contribution in [1.29, 1.82) is 0 Å². The summed E-state index contributed by atoms with van der Waals surface area (Å²) < 4.78 is 5.22. The van der Waals surface area contributed by atoms with Crippen molar-refractivity contribution in [1.82, 2.24) is 0 Å². The third kappa shape index (κ3) is 3.85. The molecule has 0 saturated carbocycles. The van der Waals surface area contributed by atoms with Gasteiger partial charge in [0.15, 0.2) is 6.29 Å². The zero-order valence-electron chi connectivity index (χ0n) is 7.29. The second-order valence-electron chi connectivity index (χ2n) is 2.99. The third-order valence-electron chi connectivity index (χ3n) is 1.52. The molecular formula is C8H18O2. The maximum absolute atomic E-state index is 9.21. The molecule has 1 N–H and O–H groups in total. The maximum atomic E-state index is 9.21. The predicted molar refractivity (Wildman–Crippen MR) is 41.7 cm³/mol. The molecule has 2 atom stereocenters. The highest BCUT2D eigenvalue weighted by Crippen LogP contribution is 2.07. The molecule has 10 heavy (non-hydrogen) atoms. The summed E-state index contributed by atoms with van der Waals surface area (Å²) in [7, 11) is 0. The SMILES string of the molecule is CCC(C)OC(O)C(C)C. The Morgan fingerprint density at radius 3 is 2.10 bits per heavy atom. The van der Waals surface area contributed by atoms with Crippen molar-refractivity contribution in [2.45, 2.75) is 46.5 Å². The standard InChI is InChI=1S/C8H18O2/c1-5-7(4)10-8(9)6(2)3/h6-9H,5H2,1-4H3. The molecule has 0 aromatic carbocycles. The molecule has 0 aromatic heterocycles. The molecule has 0 amide bonds. The second-order valence-corrected chi connectivity index (χ2v) is 2.99. The van der Waals surface area contributed by atoms with Crippen LogP contribution in [0.25, 0.3) is 0 Å². The molecule has 0 aromatic rings. The summed E-state index contributed by atoms with van der Waals surface area (Å²) >= 11 is 0. The van der Waals surface area contributed by atoms with Crippen molar-refractivity contribution in [3.63, 3.8) is 0 Å². The van der Waals surface area contributed by atoms with E-state index in [0.29, 0.717) is 0 Å². The zero-order chi connectivity index (χ0) is 8.15. The maximum Gasteiger partial charge on any atom is 0.157 e. The highest BCUT2D eigenvalue weighted by molar-refractivity contribution is 4.51. The van der Waals surface area contributed by atoms with E-state index in [4.69, 9.17) is 4.74 Å². The van der Waals surface area contributed by atoms with Gasteiger partial charge in [-0.15, -0.1) is 0 Å². The minimum Gasteiger partial charge on any atom is -0.368 e. The first-order chi connectivity index (χ1) is 4.57. The van der Waals surface area contributed by atoms with E-state index in [1.165, 1.54) is 0 Å². The topological polar surface area (TPSA) is 29.5 Å². The number of hydrogen-bond donors (Lipinski definition) is 1. The van der Waals surface area contributed by atoms with Crippen LogP contribution in [0.4, 0.5) is 0 Å². The summed E-state index contributed by atoms with van der Waals surface area (Å²) in [5.41, 5.74) is 0. The average Bonchev–Trinajstić information content (AvgIpc) is 1.87. The molecule has 62 valence electrons. The van der Waals surface area contributed by atoms with E-state index in [9.17, 15) is 5.11 Å². The fourth-order valence-corrected chi connectivity index (χ4v) is 0.491. The fourth-order valence-electron chi connectivity index (χ4n) is 0.491. The molecular weight excluding hydrogens is 128 g/mol. The van der Waals surface area contributed by atoms with Gasteiger partial charge < -0.3 is 9.84 Å². The van der Waals surface area contributed by atoms with Crippen molar-refractivity contribution >= 4 is 0 Å². The number of ether oxygens (including phenoxy) is 1. The summed E-state index contributed by atoms with van der Waals surface area (Å²) in [5.74, 6) is 0.189. The first kappa shape index (κ1) is 9.92. The van der Waals surface area contributed by atoms with Crippen LogP contribution in [-0.2, 0) is 4.74 Å². The van der Waals surface area contributed by atoms with Gasteiger partial charge in [0.1, 0.15) is 0 Å². The van der Waals surface area contributed by atoms with E-state index in [1.807, 2.05) is 27.7 Å². The lowest BCUT2D eigenvalue weighted by Gasteiger charge is -2.19. The van der Waals surface area contributed by atoms with Gasteiger partial charge in [-0.2, -0.15) is 0 Å². The number of aliphatic hydroxyl groups excluding tert-OH is 1. The molecule has 0 aliphatic heterocycles. The fraction of sp³-hybridized carbons (Fsp3) is 1.00. The van der Waals surface area contributed by atoms with Crippen LogP contribution in [0, 0.1) is 5.92 Å². The lowest BCUT2D eigenvalue weighted by Crippen LogP contribution is -2.23. The van der Waals surface area contributed by atoms with Crippen molar-refractivity contribution < 1.29 is 9.84 Å². The van der Waals surface area contributed by atoms with Crippen LogP contribution < -0.4 is 0 Å². The normalized spacial score (nSPS) is 17.4. The van der Waals surface area contributed by atoms with Crippen LogP contribution in [0.3, 0.4) is 0 Å². The van der Waals surface area contributed by atoms with Crippen LogP contribution in [0.15, 0.2) is 0 Å². The Kier molecular flexibility index (Phi) is 4.65. The molecule has 0 bridgehead atoms. The smallest absolute Gasteiger partial charge is 0.157 e. The minimum absolute atomic E-state index is 0.164. The van der Waals surface area contributed by atoms with Gasteiger partial charge in [-0.1, -0.05) is 20.8 Å². The van der Waals surface area contributed by atoms with Crippen LogP contribution in [0.2, 0.25) is 0 Å². The van der Waals surface area contributed by atoms with Crippen LogP contribution in [0.5, 0.6) is 0 Å². The van der Waals surface area contributed by atoms with Crippen molar-refractivity contribution in [2.75, 3.05) is 0 Å². The number of hydrogen-bond acceptors (Lipinski definition) is 2. The molecule has 0 aliphatic carbocycles. The molecule has 0 aliphatic rings. The molecule has 0 radical (unpaired) electrons. The van der Waals surface area contributed by atoms with E-state index < -0.39 is 6.29 Å². The Hall–Kier alpha value is -0.0800. The Bertz CT molecular complexity index is 81.3. The Labute approximate surface area is 63.2 Å². The van der Waals surface area contributed by atoms with Gasteiger partial charge in [0.25, 0.3) is 0 Å². The van der Waals surface area contributed by atoms with Crippen molar-refractivity contribution in [2.24, 2.45) is 5.92 Å². The second kappa shape index (κ2) is 4.69. The summed E-state index contributed by atoms with van der Waals surface area (Å²) in [6.45, 7) is 7.88. The Morgan fingerprint density at radius 2 is 1.80 bits per heavy atom. The zero-order valence-corrected chi connectivity index (χ0v) is 7.29. The summed E-state index contributed by atoms with van der Waals surface area (Å²) in [6.07, 6.45) is 0.511. The molecule has 0 heterocycles. The molecule has 2 nitrogen and oxygen atoms in total. The Balaban J connectivity index is 3.46. The van der Waals surface area contributed by atoms with E-state index >= 15 is 0 Å². The largest absolute Gasteiger partial charge is 0.368 e. The molecule has 0 spiro atoms. The predicted octanol–water partition coefficient (Wildman–Crippen LogP) is 1.78. The molecule has 0 rings (SSSR count). The number of rotatable bonds is 4. The summed E-state index contributed by atoms with van der Waals surface area (Å²) in [5, 5.41) is 9.21. The molecule has 2 heteroatoms. The first-order valence-electron chi connectivity index (χ1n) is 3.91. The minimum atomic E-state index is -0.602. The van der Waals surface area contributed by atoms with Crippen molar-refractivity contribution in [3.8, 4) is 0 Å². The lowest BCUT2D eigenvalue weighted by molar-refractivity contribution is -0.154. The number of aliphatic hydroxyl groups is 1. The summed E-state index contributed by atoms with van der Waals surface area (Å²) in [6, 6.07) is 0. The van der Waals surface area contributed by atoms with Gasteiger partial charge in [0, 0.05) is 5.92 Å². The lowest BCUT2D eigenvalue weighted by atomic mass is 10.2. The van der Waals surface area contributed by atoms with E-state index in [2.05, 4.69) is 0 Å². The molecule has 2 unspecified atom stereocenters. The van der Waals surface area contributed by atoms with Gasteiger partial charge in [-0.3, -0.25) is 0 Å². The summed E-state index contributed by atoms with van der Waals surface area (Å²) in [4.78, 5) is 0. The van der Waals surface area contributed by atoms with Gasteiger partial charge >= 0.3 is 0 Å². The Morgan fingerprint density at radius 1 is 1.30 bits per heavy atom. The molecule has 0 fully saturated rings. The van der Waals surface area contributed by atoms with Gasteiger partial charge in [0.2, 0.25) is 0 Å².